The lowest BCUT2D eigenvalue weighted by atomic mass is 10.3. The summed E-state index contributed by atoms with van der Waals surface area (Å²) in [6.45, 7) is 3.40. The second-order valence-corrected chi connectivity index (χ2v) is 6.85. The van der Waals surface area contributed by atoms with Crippen molar-refractivity contribution in [2.45, 2.75) is 13.0 Å². The molecule has 1 aromatic carbocycles. The minimum absolute atomic E-state index is 0.0448. The minimum Gasteiger partial charge on any atom is -0.497 e. The highest BCUT2D eigenvalue weighted by Gasteiger charge is 2.08. The molecular weight excluding hydrogens is 352 g/mol. The zero-order chi connectivity index (χ0) is 19.4. The zero-order valence-corrected chi connectivity index (χ0v) is 17.1. The number of guanidine groups is 1. The highest BCUT2D eigenvalue weighted by Crippen LogP contribution is 2.19. The Hall–Kier alpha value is -2.09. The highest BCUT2D eigenvalue weighted by atomic mass is 32.2. The number of aliphatic imine (C=N–C) groups is 1. The molecule has 0 saturated carbocycles. The molecule has 0 aromatic heterocycles. The Morgan fingerprint density at radius 3 is 2.69 bits per heavy atom. The number of ether oxygens (including phenoxy) is 2. The fourth-order valence-electron chi connectivity index (χ4n) is 1.92. The van der Waals surface area contributed by atoms with Crippen LogP contribution in [-0.4, -0.2) is 75.7 Å². The number of benzene rings is 1. The van der Waals surface area contributed by atoms with Crippen LogP contribution in [0.5, 0.6) is 11.5 Å². The highest BCUT2D eigenvalue weighted by molar-refractivity contribution is 7.98. The van der Waals surface area contributed by atoms with Gasteiger partial charge < -0.3 is 25.0 Å². The number of nitrogens with zero attached hydrogens (tertiary/aromatic N) is 2. The van der Waals surface area contributed by atoms with Crippen LogP contribution in [0.25, 0.3) is 0 Å². The molecule has 1 atom stereocenters. The molecule has 0 fully saturated rings. The molecule has 7 nitrogen and oxygen atoms in total. The number of nitrogens with one attached hydrogen (secondary N) is 2. The van der Waals surface area contributed by atoms with Gasteiger partial charge in [0.2, 0.25) is 5.91 Å². The quantitative estimate of drug-likeness (QED) is 0.362. The summed E-state index contributed by atoms with van der Waals surface area (Å²) >= 11 is 1.75. The normalized spacial score (nSPS) is 12.3. The summed E-state index contributed by atoms with van der Waals surface area (Å²) in [5.41, 5.74) is 0. The van der Waals surface area contributed by atoms with Crippen LogP contribution in [0.1, 0.15) is 6.92 Å². The van der Waals surface area contributed by atoms with Gasteiger partial charge in [0.15, 0.2) is 5.96 Å². The Morgan fingerprint density at radius 2 is 2.04 bits per heavy atom. The van der Waals surface area contributed by atoms with Crippen molar-refractivity contribution in [2.75, 3.05) is 52.8 Å². The summed E-state index contributed by atoms with van der Waals surface area (Å²) in [4.78, 5) is 17.6. The molecule has 0 heterocycles. The molecule has 1 unspecified atom stereocenters. The summed E-state index contributed by atoms with van der Waals surface area (Å²) in [7, 11) is 5.06. The van der Waals surface area contributed by atoms with E-state index >= 15 is 0 Å². The summed E-state index contributed by atoms with van der Waals surface area (Å²) in [5.74, 6) is 3.02. The first-order chi connectivity index (χ1) is 12.5. The number of carbonyl (C=O) groups excluding carboxylic acids is 1. The smallest absolute Gasteiger partial charge is 0.243 e. The maximum atomic E-state index is 11.7. The Bertz CT molecular complexity index is 581. The molecule has 0 radical (unpaired) electrons. The lowest BCUT2D eigenvalue weighted by Gasteiger charge is -2.18. The first kappa shape index (κ1) is 22.0. The Balaban J connectivity index is 2.56. The van der Waals surface area contributed by atoms with Gasteiger partial charge in [0.25, 0.3) is 0 Å². The van der Waals surface area contributed by atoms with Crippen molar-refractivity contribution in [1.29, 1.82) is 0 Å². The second kappa shape index (κ2) is 12.3. The number of thioether (sulfide) groups is 1. The minimum atomic E-state index is -0.0841. The molecule has 0 aliphatic rings. The number of hydrogen-bond donors (Lipinski definition) is 2. The molecule has 8 heteroatoms. The Morgan fingerprint density at radius 1 is 1.31 bits per heavy atom. The van der Waals surface area contributed by atoms with E-state index in [1.54, 1.807) is 33.0 Å². The summed E-state index contributed by atoms with van der Waals surface area (Å²) in [5, 5.41) is 6.45. The number of likely N-dealkylation sites (N-methyl/N-ethyl adjacent to an activating group) is 1. The standard InChI is InChI=1S/C18H30N4O3S/c1-14(25-16-8-6-7-15(11-16)24-4)12-20-18(19-9-10-26-5)21-13-17(23)22(2)3/h6-8,11,14H,9-10,12-13H2,1-5H3,(H2,19,20,21). The third-order valence-corrected chi connectivity index (χ3v) is 4.02. The molecule has 146 valence electrons. The lowest BCUT2D eigenvalue weighted by Crippen LogP contribution is -2.43. The van der Waals surface area contributed by atoms with Gasteiger partial charge in [-0.25, -0.2) is 4.99 Å². The van der Waals surface area contributed by atoms with Crippen LogP contribution in [0.2, 0.25) is 0 Å². The van der Waals surface area contributed by atoms with E-state index in [0.29, 0.717) is 12.5 Å². The molecule has 0 aliphatic carbocycles. The first-order valence-corrected chi connectivity index (χ1v) is 9.87. The van der Waals surface area contributed by atoms with E-state index in [0.717, 1.165) is 23.8 Å². The molecule has 0 spiro atoms. The van der Waals surface area contributed by atoms with E-state index in [4.69, 9.17) is 9.47 Å². The van der Waals surface area contributed by atoms with Crippen molar-refractivity contribution in [2.24, 2.45) is 4.99 Å². The average molecular weight is 383 g/mol. The number of amides is 1. The predicted octanol–water partition coefficient (Wildman–Crippen LogP) is 1.45. The van der Waals surface area contributed by atoms with E-state index in [-0.39, 0.29) is 18.6 Å². The number of methoxy groups -OCH3 is 1. The van der Waals surface area contributed by atoms with Crippen molar-refractivity contribution in [3.63, 3.8) is 0 Å². The third kappa shape index (κ3) is 8.84. The van der Waals surface area contributed by atoms with Crippen LogP contribution in [-0.2, 0) is 4.79 Å². The van der Waals surface area contributed by atoms with E-state index in [1.165, 1.54) is 4.90 Å². The zero-order valence-electron chi connectivity index (χ0n) is 16.2. The number of rotatable bonds is 10. The number of carbonyl (C=O) groups is 1. The van der Waals surface area contributed by atoms with Crippen LogP contribution in [0, 0.1) is 0 Å². The number of hydrogen-bond acceptors (Lipinski definition) is 5. The summed E-state index contributed by atoms with van der Waals surface area (Å²) in [6, 6.07) is 7.49. The third-order valence-electron chi connectivity index (χ3n) is 3.41. The molecule has 0 bridgehead atoms. The predicted molar refractivity (Wildman–Crippen MR) is 108 cm³/mol. The topological polar surface area (TPSA) is 75.2 Å². The van der Waals surface area contributed by atoms with Crippen molar-refractivity contribution in [1.82, 2.24) is 15.5 Å². The second-order valence-electron chi connectivity index (χ2n) is 5.86. The molecule has 2 N–H and O–H groups in total. The van der Waals surface area contributed by atoms with E-state index < -0.39 is 0 Å². The van der Waals surface area contributed by atoms with Gasteiger partial charge in [-0.1, -0.05) is 6.07 Å². The van der Waals surface area contributed by atoms with Crippen LogP contribution < -0.4 is 20.1 Å². The largest absolute Gasteiger partial charge is 0.497 e. The molecule has 1 rings (SSSR count). The van der Waals surface area contributed by atoms with Crippen LogP contribution in [0.3, 0.4) is 0 Å². The van der Waals surface area contributed by atoms with Gasteiger partial charge >= 0.3 is 0 Å². The SMILES string of the molecule is COc1cccc(OC(C)CNC(=NCC(=O)N(C)C)NCCSC)c1. The Labute approximate surface area is 160 Å². The van der Waals surface area contributed by atoms with Gasteiger partial charge in [0.1, 0.15) is 24.1 Å². The molecule has 0 aliphatic heterocycles. The fraction of sp³-hybridized carbons (Fsp3) is 0.556. The van der Waals surface area contributed by atoms with Crippen LogP contribution >= 0.6 is 11.8 Å². The van der Waals surface area contributed by atoms with Gasteiger partial charge in [0.05, 0.1) is 13.7 Å². The monoisotopic (exact) mass is 382 g/mol. The molecule has 0 saturated heterocycles. The molecule has 1 aromatic rings. The van der Waals surface area contributed by atoms with E-state index in [2.05, 4.69) is 15.6 Å². The summed E-state index contributed by atoms with van der Waals surface area (Å²) < 4.78 is 11.1. The van der Waals surface area contributed by atoms with Crippen LogP contribution in [0.15, 0.2) is 29.3 Å². The van der Waals surface area contributed by atoms with Crippen molar-refractivity contribution in [3.05, 3.63) is 24.3 Å². The first-order valence-electron chi connectivity index (χ1n) is 8.48. The van der Waals surface area contributed by atoms with Gasteiger partial charge in [-0.3, -0.25) is 4.79 Å². The van der Waals surface area contributed by atoms with Crippen LogP contribution in [0.4, 0.5) is 0 Å². The Kier molecular flexibility index (Phi) is 10.4. The molecular formula is C18H30N4O3S. The lowest BCUT2D eigenvalue weighted by molar-refractivity contribution is -0.127. The van der Waals surface area contributed by atoms with Gasteiger partial charge in [-0.15, -0.1) is 0 Å². The summed E-state index contributed by atoms with van der Waals surface area (Å²) in [6.07, 6.45) is 1.96. The van der Waals surface area contributed by atoms with Crippen molar-refractivity contribution >= 4 is 23.6 Å². The average Bonchev–Trinajstić information content (AvgIpc) is 2.63. The van der Waals surface area contributed by atoms with Gasteiger partial charge in [-0.05, 0) is 25.3 Å². The van der Waals surface area contributed by atoms with Crippen molar-refractivity contribution in [3.8, 4) is 11.5 Å². The fourth-order valence-corrected chi connectivity index (χ4v) is 2.23. The molecule has 26 heavy (non-hydrogen) atoms. The van der Waals surface area contributed by atoms with E-state index in [1.807, 2.05) is 37.4 Å². The van der Waals surface area contributed by atoms with Gasteiger partial charge in [-0.2, -0.15) is 11.8 Å². The maximum Gasteiger partial charge on any atom is 0.243 e. The van der Waals surface area contributed by atoms with Crippen molar-refractivity contribution < 1.29 is 14.3 Å². The maximum absolute atomic E-state index is 11.7. The van der Waals surface area contributed by atoms with Gasteiger partial charge in [0, 0.05) is 32.5 Å². The van der Waals surface area contributed by atoms with E-state index in [9.17, 15) is 4.79 Å². The molecule has 1 amide bonds.